The van der Waals surface area contributed by atoms with Gasteiger partial charge in [0.25, 0.3) is 0 Å². The Hall–Kier alpha value is -1.96. The predicted octanol–water partition coefficient (Wildman–Crippen LogP) is 3.80. The maximum absolute atomic E-state index is 9.53. The standard InChI is InChI=1S/C16H17NO/c1-11-10-13(7-9-16(11)18)17-15-8-6-12-4-2-3-5-14(12)15/h2-5,7,9-10,15,17-18H,6,8H2,1H3. The lowest BCUT2D eigenvalue weighted by atomic mass is 10.1. The van der Waals surface area contributed by atoms with Crippen molar-refractivity contribution in [2.24, 2.45) is 0 Å². The molecule has 2 N–H and O–H groups in total. The Morgan fingerprint density at radius 3 is 2.83 bits per heavy atom. The number of phenolic OH excluding ortho intramolecular Hbond substituents is 1. The summed E-state index contributed by atoms with van der Waals surface area (Å²) < 4.78 is 0. The van der Waals surface area contributed by atoms with Gasteiger partial charge in [0.05, 0.1) is 6.04 Å². The highest BCUT2D eigenvalue weighted by molar-refractivity contribution is 5.53. The molecule has 2 heteroatoms. The predicted molar refractivity (Wildman–Crippen MR) is 74.0 cm³/mol. The molecule has 1 aliphatic carbocycles. The summed E-state index contributed by atoms with van der Waals surface area (Å²) in [6.45, 7) is 1.92. The van der Waals surface area contributed by atoms with E-state index >= 15 is 0 Å². The second kappa shape index (κ2) is 4.37. The summed E-state index contributed by atoms with van der Waals surface area (Å²) in [5.41, 5.74) is 4.84. The summed E-state index contributed by atoms with van der Waals surface area (Å²) in [5, 5.41) is 13.1. The number of nitrogens with one attached hydrogen (secondary N) is 1. The van der Waals surface area contributed by atoms with E-state index in [9.17, 15) is 5.11 Å². The second-order valence-corrected chi connectivity index (χ2v) is 4.94. The van der Waals surface area contributed by atoms with E-state index in [0.717, 1.165) is 24.1 Å². The smallest absolute Gasteiger partial charge is 0.118 e. The van der Waals surface area contributed by atoms with Crippen molar-refractivity contribution in [2.75, 3.05) is 5.32 Å². The minimum Gasteiger partial charge on any atom is -0.508 e. The van der Waals surface area contributed by atoms with Crippen molar-refractivity contribution in [2.45, 2.75) is 25.8 Å². The lowest BCUT2D eigenvalue weighted by molar-refractivity contribution is 0.471. The van der Waals surface area contributed by atoms with E-state index in [0.29, 0.717) is 11.8 Å². The molecule has 2 aromatic carbocycles. The highest BCUT2D eigenvalue weighted by Gasteiger charge is 2.21. The number of anilines is 1. The number of benzene rings is 2. The first-order valence-electron chi connectivity index (χ1n) is 6.38. The Kier molecular flexibility index (Phi) is 2.71. The molecule has 1 aliphatic rings. The lowest BCUT2D eigenvalue weighted by Gasteiger charge is -2.16. The van der Waals surface area contributed by atoms with Gasteiger partial charge in [-0.05, 0) is 54.7 Å². The monoisotopic (exact) mass is 239 g/mol. The molecule has 3 rings (SSSR count). The first kappa shape index (κ1) is 11.1. The summed E-state index contributed by atoms with van der Waals surface area (Å²) >= 11 is 0. The fourth-order valence-electron chi connectivity index (χ4n) is 2.65. The Morgan fingerprint density at radius 1 is 1.17 bits per heavy atom. The second-order valence-electron chi connectivity index (χ2n) is 4.94. The zero-order valence-corrected chi connectivity index (χ0v) is 10.5. The van der Waals surface area contributed by atoms with Crippen LogP contribution in [0, 0.1) is 6.92 Å². The number of hydrogen-bond acceptors (Lipinski definition) is 2. The maximum Gasteiger partial charge on any atom is 0.118 e. The number of fused-ring (bicyclic) bond motifs is 1. The van der Waals surface area contributed by atoms with Crippen molar-refractivity contribution in [1.82, 2.24) is 0 Å². The lowest BCUT2D eigenvalue weighted by Crippen LogP contribution is -2.06. The van der Waals surface area contributed by atoms with Crippen LogP contribution >= 0.6 is 0 Å². The molecule has 0 amide bonds. The van der Waals surface area contributed by atoms with Crippen LogP contribution in [0.3, 0.4) is 0 Å². The van der Waals surface area contributed by atoms with Gasteiger partial charge in [0.15, 0.2) is 0 Å². The number of aromatic hydroxyl groups is 1. The van der Waals surface area contributed by atoms with Crippen LogP contribution in [-0.2, 0) is 6.42 Å². The maximum atomic E-state index is 9.53. The number of rotatable bonds is 2. The van der Waals surface area contributed by atoms with Crippen molar-refractivity contribution < 1.29 is 5.11 Å². The third-order valence-corrected chi connectivity index (χ3v) is 3.67. The van der Waals surface area contributed by atoms with E-state index in [-0.39, 0.29) is 0 Å². The van der Waals surface area contributed by atoms with Gasteiger partial charge in [0.2, 0.25) is 0 Å². The molecule has 1 atom stereocenters. The summed E-state index contributed by atoms with van der Waals surface area (Å²) in [6, 6.07) is 14.7. The molecule has 2 aromatic rings. The molecular formula is C16H17NO. The van der Waals surface area contributed by atoms with Crippen LogP contribution in [0.1, 0.15) is 29.2 Å². The van der Waals surface area contributed by atoms with E-state index in [4.69, 9.17) is 0 Å². The van der Waals surface area contributed by atoms with E-state index in [1.54, 1.807) is 6.07 Å². The minimum absolute atomic E-state index is 0.354. The molecular weight excluding hydrogens is 222 g/mol. The third kappa shape index (κ3) is 1.94. The Balaban J connectivity index is 1.84. The SMILES string of the molecule is Cc1cc(NC2CCc3ccccc32)ccc1O. The summed E-state index contributed by atoms with van der Waals surface area (Å²) in [4.78, 5) is 0. The van der Waals surface area contributed by atoms with Crippen LogP contribution < -0.4 is 5.32 Å². The van der Waals surface area contributed by atoms with Gasteiger partial charge >= 0.3 is 0 Å². The molecule has 0 radical (unpaired) electrons. The van der Waals surface area contributed by atoms with Gasteiger partial charge in [-0.15, -0.1) is 0 Å². The number of phenols is 1. The molecule has 1 unspecified atom stereocenters. The average molecular weight is 239 g/mol. The molecule has 92 valence electrons. The van der Waals surface area contributed by atoms with Gasteiger partial charge in [-0.2, -0.15) is 0 Å². The normalized spacial score (nSPS) is 17.5. The van der Waals surface area contributed by atoms with Crippen molar-refractivity contribution >= 4 is 5.69 Å². The van der Waals surface area contributed by atoms with Crippen LogP contribution in [0.2, 0.25) is 0 Å². The fraction of sp³-hybridized carbons (Fsp3) is 0.250. The quantitative estimate of drug-likeness (QED) is 0.781. The summed E-state index contributed by atoms with van der Waals surface area (Å²) in [6.07, 6.45) is 2.28. The molecule has 0 heterocycles. The molecule has 0 aromatic heterocycles. The fourth-order valence-corrected chi connectivity index (χ4v) is 2.65. The third-order valence-electron chi connectivity index (χ3n) is 3.67. The highest BCUT2D eigenvalue weighted by Crippen LogP contribution is 2.34. The molecule has 2 nitrogen and oxygen atoms in total. The van der Waals surface area contributed by atoms with Crippen LogP contribution in [0.5, 0.6) is 5.75 Å². The topological polar surface area (TPSA) is 32.3 Å². The van der Waals surface area contributed by atoms with Crippen molar-refractivity contribution in [3.05, 3.63) is 59.2 Å². The van der Waals surface area contributed by atoms with Crippen molar-refractivity contribution in [3.8, 4) is 5.75 Å². The van der Waals surface area contributed by atoms with Crippen LogP contribution in [0.25, 0.3) is 0 Å². The zero-order chi connectivity index (χ0) is 12.5. The zero-order valence-electron chi connectivity index (χ0n) is 10.5. The molecule has 0 aliphatic heterocycles. The average Bonchev–Trinajstić information content (AvgIpc) is 2.78. The molecule has 0 spiro atoms. The number of hydrogen-bond donors (Lipinski definition) is 2. The van der Waals surface area contributed by atoms with Gasteiger partial charge in [-0.1, -0.05) is 24.3 Å². The van der Waals surface area contributed by atoms with E-state index in [1.807, 2.05) is 19.1 Å². The van der Waals surface area contributed by atoms with Gasteiger partial charge in [0.1, 0.15) is 5.75 Å². The van der Waals surface area contributed by atoms with Crippen LogP contribution in [-0.4, -0.2) is 5.11 Å². The van der Waals surface area contributed by atoms with E-state index in [1.165, 1.54) is 11.1 Å². The summed E-state index contributed by atoms with van der Waals surface area (Å²) in [5.74, 6) is 0.354. The molecule has 0 bridgehead atoms. The molecule has 0 saturated heterocycles. The molecule has 18 heavy (non-hydrogen) atoms. The van der Waals surface area contributed by atoms with E-state index < -0.39 is 0 Å². The van der Waals surface area contributed by atoms with Gasteiger partial charge in [-0.25, -0.2) is 0 Å². The summed E-state index contributed by atoms with van der Waals surface area (Å²) in [7, 11) is 0. The number of aryl methyl sites for hydroxylation is 2. The Morgan fingerprint density at radius 2 is 2.00 bits per heavy atom. The van der Waals surface area contributed by atoms with Crippen LogP contribution in [0.4, 0.5) is 5.69 Å². The molecule has 0 fully saturated rings. The molecule has 0 saturated carbocycles. The highest BCUT2D eigenvalue weighted by atomic mass is 16.3. The van der Waals surface area contributed by atoms with Crippen molar-refractivity contribution in [1.29, 1.82) is 0 Å². The largest absolute Gasteiger partial charge is 0.508 e. The first-order chi connectivity index (χ1) is 8.74. The Labute approximate surface area is 107 Å². The van der Waals surface area contributed by atoms with Crippen molar-refractivity contribution in [3.63, 3.8) is 0 Å². The van der Waals surface area contributed by atoms with Gasteiger partial charge in [-0.3, -0.25) is 0 Å². The Bertz CT molecular complexity index is 577. The minimum atomic E-state index is 0.354. The van der Waals surface area contributed by atoms with Crippen LogP contribution in [0.15, 0.2) is 42.5 Å². The van der Waals surface area contributed by atoms with E-state index in [2.05, 4.69) is 29.6 Å². The van der Waals surface area contributed by atoms with Gasteiger partial charge in [0, 0.05) is 5.69 Å². The van der Waals surface area contributed by atoms with Gasteiger partial charge < -0.3 is 10.4 Å². The first-order valence-corrected chi connectivity index (χ1v) is 6.38.